The van der Waals surface area contributed by atoms with Crippen molar-refractivity contribution < 1.29 is 24.1 Å². The molecule has 0 spiro atoms. The number of amidine groups is 1. The van der Waals surface area contributed by atoms with Gasteiger partial charge in [-0.05, 0) is 53.3 Å². The first-order chi connectivity index (χ1) is 13.0. The zero-order valence-electron chi connectivity index (χ0n) is 14.6. The number of carbonyl (C=O) groups excluding carboxylic acids is 1. The van der Waals surface area contributed by atoms with Gasteiger partial charge < -0.3 is 10.4 Å². The first kappa shape index (κ1) is 18.9. The van der Waals surface area contributed by atoms with E-state index in [1.165, 1.54) is 12.1 Å². The van der Waals surface area contributed by atoms with Crippen LogP contribution in [-0.4, -0.2) is 44.9 Å². The molecule has 27 heavy (non-hydrogen) atoms. The van der Waals surface area contributed by atoms with Crippen LogP contribution in [0.2, 0.25) is 0 Å². The van der Waals surface area contributed by atoms with E-state index >= 15 is 0 Å². The van der Waals surface area contributed by atoms with E-state index in [0.29, 0.717) is 12.8 Å². The van der Waals surface area contributed by atoms with Gasteiger partial charge in [-0.15, -0.1) is 0 Å². The number of aliphatic imine (C=N–C) groups is 1. The van der Waals surface area contributed by atoms with Gasteiger partial charge in [-0.3, -0.25) is 20.5 Å². The number of carbonyl (C=O) groups is 1. The highest BCUT2D eigenvalue weighted by molar-refractivity contribution is 6.00. The molecule has 0 amide bonds. The van der Waals surface area contributed by atoms with E-state index in [0.717, 1.165) is 11.1 Å². The molecule has 4 N–H and O–H groups in total. The standard InChI is InChI=1S/C17H20FN5O4/c1-9(24)2-5-12(25)8-19-16-15(22-27-23-16)17(21-26)20-14-6-10-3-4-11(18)7-13(10)14/h3-4,7,9,14,24,26H,2,5-6,8H2,1H3,(H,19,23)(H,20,21). The van der Waals surface area contributed by atoms with Gasteiger partial charge in [-0.25, -0.2) is 9.02 Å². The summed E-state index contributed by atoms with van der Waals surface area (Å²) in [7, 11) is 0. The number of halogens is 1. The Hall–Kier alpha value is -2.85. The Balaban J connectivity index is 1.69. The van der Waals surface area contributed by atoms with E-state index < -0.39 is 6.10 Å². The zero-order valence-corrected chi connectivity index (χ0v) is 14.6. The van der Waals surface area contributed by atoms with Gasteiger partial charge >= 0.3 is 0 Å². The van der Waals surface area contributed by atoms with Gasteiger partial charge in [0, 0.05) is 6.42 Å². The molecule has 0 saturated carbocycles. The van der Waals surface area contributed by atoms with Crippen molar-refractivity contribution >= 4 is 17.4 Å². The van der Waals surface area contributed by atoms with Crippen LogP contribution in [0.15, 0.2) is 27.8 Å². The minimum atomic E-state index is -0.550. The third-order valence-corrected chi connectivity index (χ3v) is 4.28. The molecule has 1 heterocycles. The second kappa shape index (κ2) is 8.23. The van der Waals surface area contributed by atoms with Crippen molar-refractivity contribution in [2.75, 3.05) is 11.9 Å². The lowest BCUT2D eigenvalue weighted by Crippen LogP contribution is -2.26. The molecule has 0 bridgehead atoms. The van der Waals surface area contributed by atoms with Crippen LogP contribution >= 0.6 is 0 Å². The predicted octanol–water partition coefficient (Wildman–Crippen LogP) is 1.37. The summed E-state index contributed by atoms with van der Waals surface area (Å²) in [6.07, 6.45) is 0.639. The molecule has 0 fully saturated rings. The Bertz CT molecular complexity index is 852. The molecule has 2 unspecified atom stereocenters. The number of nitrogens with zero attached hydrogens (tertiary/aromatic N) is 3. The highest BCUT2D eigenvalue weighted by Gasteiger charge is 2.28. The molecule has 0 aliphatic heterocycles. The summed E-state index contributed by atoms with van der Waals surface area (Å²) >= 11 is 0. The van der Waals surface area contributed by atoms with Crippen LogP contribution in [-0.2, 0) is 11.2 Å². The van der Waals surface area contributed by atoms with Crippen molar-refractivity contribution in [2.24, 2.45) is 4.99 Å². The van der Waals surface area contributed by atoms with Crippen LogP contribution in [0, 0.1) is 5.82 Å². The monoisotopic (exact) mass is 377 g/mol. The molecule has 1 aromatic carbocycles. The van der Waals surface area contributed by atoms with Crippen molar-refractivity contribution in [2.45, 2.75) is 38.3 Å². The fourth-order valence-corrected chi connectivity index (χ4v) is 2.76. The molecule has 10 heteroatoms. The number of aliphatic hydroxyl groups excluding tert-OH is 1. The number of nitrogens with one attached hydrogen (secondary N) is 2. The Morgan fingerprint density at radius 3 is 3.04 bits per heavy atom. The Morgan fingerprint density at radius 2 is 2.30 bits per heavy atom. The van der Waals surface area contributed by atoms with Crippen LogP contribution in [0.5, 0.6) is 0 Å². The fraction of sp³-hybridized carbons (Fsp3) is 0.412. The first-order valence-corrected chi connectivity index (χ1v) is 8.50. The van der Waals surface area contributed by atoms with Gasteiger partial charge in [0.05, 0.1) is 18.7 Å². The van der Waals surface area contributed by atoms with E-state index in [-0.39, 0.29) is 48.0 Å². The van der Waals surface area contributed by atoms with Gasteiger partial charge in [0.25, 0.3) is 0 Å². The Kier molecular flexibility index (Phi) is 5.77. The van der Waals surface area contributed by atoms with Crippen molar-refractivity contribution in [3.63, 3.8) is 0 Å². The molecule has 2 atom stereocenters. The molecular weight excluding hydrogens is 357 g/mol. The fourth-order valence-electron chi connectivity index (χ4n) is 2.76. The summed E-state index contributed by atoms with van der Waals surface area (Å²) in [5.74, 6) is -0.341. The molecular formula is C17H20FN5O4. The number of aromatic nitrogens is 2. The highest BCUT2D eigenvalue weighted by Crippen LogP contribution is 2.36. The Morgan fingerprint density at radius 1 is 1.48 bits per heavy atom. The number of Topliss-reactive ketones (excluding diaryl/α,β-unsaturated/α-hetero) is 1. The topological polar surface area (TPSA) is 133 Å². The van der Waals surface area contributed by atoms with Gasteiger partial charge in [-0.2, -0.15) is 0 Å². The molecule has 1 aliphatic rings. The summed E-state index contributed by atoms with van der Waals surface area (Å²) in [6, 6.07) is 4.17. The van der Waals surface area contributed by atoms with Crippen molar-refractivity contribution in [3.8, 4) is 0 Å². The van der Waals surface area contributed by atoms with Crippen LogP contribution < -0.4 is 10.8 Å². The molecule has 9 nitrogen and oxygen atoms in total. The van der Waals surface area contributed by atoms with E-state index in [4.69, 9.17) is 0 Å². The lowest BCUT2D eigenvalue weighted by Gasteiger charge is -2.27. The van der Waals surface area contributed by atoms with Crippen molar-refractivity contribution in [3.05, 3.63) is 40.8 Å². The third kappa shape index (κ3) is 4.47. The summed E-state index contributed by atoms with van der Waals surface area (Å²) in [5, 5.41) is 28.8. The second-order valence-electron chi connectivity index (χ2n) is 6.39. The minimum absolute atomic E-state index is 0.00455. The minimum Gasteiger partial charge on any atom is -0.393 e. The van der Waals surface area contributed by atoms with Gasteiger partial charge in [0.2, 0.25) is 5.82 Å². The van der Waals surface area contributed by atoms with E-state index in [9.17, 15) is 19.5 Å². The largest absolute Gasteiger partial charge is 0.393 e. The van der Waals surface area contributed by atoms with Crippen LogP contribution in [0.3, 0.4) is 0 Å². The summed E-state index contributed by atoms with van der Waals surface area (Å²) in [6.45, 7) is 1.57. The van der Waals surface area contributed by atoms with E-state index in [1.54, 1.807) is 13.0 Å². The Labute approximate surface area is 154 Å². The lowest BCUT2D eigenvalue weighted by molar-refractivity contribution is -0.117. The number of rotatable bonds is 8. The van der Waals surface area contributed by atoms with E-state index in [2.05, 4.69) is 25.3 Å². The number of ketones is 1. The molecule has 0 saturated heterocycles. The number of aliphatic hydroxyl groups is 1. The first-order valence-electron chi connectivity index (χ1n) is 8.50. The zero-order chi connectivity index (χ0) is 19.4. The van der Waals surface area contributed by atoms with E-state index in [1.807, 2.05) is 5.48 Å². The SMILES string of the molecule is CC(O)CCC(=O)CNc1nonc1C(=NC1Cc2ccc(F)cc21)NO. The second-order valence-corrected chi connectivity index (χ2v) is 6.39. The maximum absolute atomic E-state index is 13.4. The smallest absolute Gasteiger partial charge is 0.202 e. The van der Waals surface area contributed by atoms with Gasteiger partial charge in [0.1, 0.15) is 5.82 Å². The number of hydroxylamine groups is 1. The molecule has 1 aromatic heterocycles. The molecule has 144 valence electrons. The predicted molar refractivity (Wildman–Crippen MR) is 93.0 cm³/mol. The van der Waals surface area contributed by atoms with Crippen LogP contribution in [0.1, 0.15) is 42.6 Å². The number of fused-ring (bicyclic) bond motifs is 1. The summed E-state index contributed by atoms with van der Waals surface area (Å²) in [5.41, 5.74) is 3.78. The third-order valence-electron chi connectivity index (χ3n) is 4.28. The lowest BCUT2D eigenvalue weighted by atomic mass is 9.83. The van der Waals surface area contributed by atoms with Crippen molar-refractivity contribution in [1.29, 1.82) is 0 Å². The quantitative estimate of drug-likeness (QED) is 0.308. The van der Waals surface area contributed by atoms with Crippen molar-refractivity contribution in [1.82, 2.24) is 15.8 Å². The highest BCUT2D eigenvalue weighted by atomic mass is 19.1. The summed E-state index contributed by atoms with van der Waals surface area (Å²) < 4.78 is 18.1. The maximum Gasteiger partial charge on any atom is 0.202 e. The number of hydrogen-bond donors (Lipinski definition) is 4. The molecule has 1 aliphatic carbocycles. The normalized spacial score (nSPS) is 17.0. The van der Waals surface area contributed by atoms with Gasteiger partial charge in [0.15, 0.2) is 17.3 Å². The average molecular weight is 377 g/mol. The number of hydrogen-bond acceptors (Lipinski definition) is 8. The van der Waals surface area contributed by atoms with Crippen LogP contribution in [0.25, 0.3) is 0 Å². The van der Waals surface area contributed by atoms with Crippen LogP contribution in [0.4, 0.5) is 10.2 Å². The number of anilines is 1. The molecule has 0 radical (unpaired) electrons. The number of benzene rings is 1. The molecule has 2 aromatic rings. The maximum atomic E-state index is 13.4. The summed E-state index contributed by atoms with van der Waals surface area (Å²) in [4.78, 5) is 16.2. The molecule has 3 rings (SSSR count). The average Bonchev–Trinajstić information content (AvgIpc) is 3.09. The van der Waals surface area contributed by atoms with Gasteiger partial charge in [-0.1, -0.05) is 6.07 Å².